The number of benzene rings is 1. The normalized spacial score (nSPS) is 20.5. The molecule has 0 spiro atoms. The number of carbonyl (C=O) groups is 1. The van der Waals surface area contributed by atoms with Crippen LogP contribution in [0.3, 0.4) is 0 Å². The van der Waals surface area contributed by atoms with Crippen molar-refractivity contribution in [1.29, 1.82) is 0 Å². The Labute approximate surface area is 110 Å². The molecule has 1 fully saturated rings. The Bertz CT molecular complexity index is 433. The summed E-state index contributed by atoms with van der Waals surface area (Å²) >= 11 is 3.56. The predicted octanol–water partition coefficient (Wildman–Crippen LogP) is 3.02. The molecule has 1 aliphatic rings. The second-order valence-corrected chi connectivity index (χ2v) is 5.21. The molecule has 1 aromatic carbocycles. The lowest BCUT2D eigenvalue weighted by atomic mass is 10.0. The van der Waals surface area contributed by atoms with Gasteiger partial charge >= 0.3 is 0 Å². The number of anilines is 1. The van der Waals surface area contributed by atoms with E-state index in [4.69, 9.17) is 4.74 Å². The van der Waals surface area contributed by atoms with Gasteiger partial charge in [0.15, 0.2) is 0 Å². The molecule has 1 aliphatic heterocycles. The van der Waals surface area contributed by atoms with E-state index in [9.17, 15) is 4.79 Å². The third kappa shape index (κ3) is 2.63. The predicted molar refractivity (Wildman–Crippen MR) is 71.7 cm³/mol. The van der Waals surface area contributed by atoms with Gasteiger partial charge in [-0.2, -0.15) is 0 Å². The highest BCUT2D eigenvalue weighted by Crippen LogP contribution is 2.33. The van der Waals surface area contributed by atoms with Crippen molar-refractivity contribution in [1.82, 2.24) is 0 Å². The highest BCUT2D eigenvalue weighted by molar-refractivity contribution is 9.10. The number of ketones is 1. The van der Waals surface area contributed by atoms with E-state index in [1.165, 1.54) is 0 Å². The quantitative estimate of drug-likeness (QED) is 0.840. The van der Waals surface area contributed by atoms with Crippen LogP contribution in [0.25, 0.3) is 0 Å². The zero-order chi connectivity index (χ0) is 12.4. The molecule has 0 aromatic heterocycles. The number of ether oxygens (including phenoxy) is 1. The molecule has 4 heteroatoms. The first-order valence-electron chi connectivity index (χ1n) is 5.73. The minimum atomic E-state index is 0.250. The van der Waals surface area contributed by atoms with Gasteiger partial charge in [-0.15, -0.1) is 0 Å². The Balaban J connectivity index is 2.29. The van der Waals surface area contributed by atoms with Crippen LogP contribution in [0.15, 0.2) is 22.7 Å². The van der Waals surface area contributed by atoms with Crippen molar-refractivity contribution in [3.63, 3.8) is 0 Å². The van der Waals surface area contributed by atoms with Crippen molar-refractivity contribution in [2.45, 2.75) is 25.8 Å². The standard InChI is InChI=1S/C13H16BrNO2/c1-9-7-10(16)5-6-15(9)13-8-11(17-2)3-4-12(13)14/h3-4,8-9H,5-7H2,1-2H3. The van der Waals surface area contributed by atoms with Gasteiger partial charge in [0, 0.05) is 36.0 Å². The van der Waals surface area contributed by atoms with Crippen molar-refractivity contribution in [3.8, 4) is 5.75 Å². The first-order chi connectivity index (χ1) is 8.11. The number of halogens is 1. The van der Waals surface area contributed by atoms with Gasteiger partial charge in [0.05, 0.1) is 12.8 Å². The number of hydrogen-bond acceptors (Lipinski definition) is 3. The van der Waals surface area contributed by atoms with E-state index in [1.54, 1.807) is 7.11 Å². The van der Waals surface area contributed by atoms with Gasteiger partial charge in [-0.05, 0) is 35.0 Å². The number of Topliss-reactive ketones (excluding diaryl/α,β-unsaturated/α-hetero) is 1. The van der Waals surface area contributed by atoms with Crippen molar-refractivity contribution in [2.24, 2.45) is 0 Å². The number of piperidine rings is 1. The van der Waals surface area contributed by atoms with E-state index in [2.05, 4.69) is 27.8 Å². The maximum Gasteiger partial charge on any atom is 0.136 e. The van der Waals surface area contributed by atoms with Crippen LogP contribution in [0.4, 0.5) is 5.69 Å². The van der Waals surface area contributed by atoms with Crippen molar-refractivity contribution < 1.29 is 9.53 Å². The summed E-state index contributed by atoms with van der Waals surface area (Å²) in [5.41, 5.74) is 1.10. The number of methoxy groups -OCH3 is 1. The molecule has 0 radical (unpaired) electrons. The fraction of sp³-hybridized carbons (Fsp3) is 0.462. The van der Waals surface area contributed by atoms with E-state index in [0.717, 1.165) is 22.5 Å². The lowest BCUT2D eigenvalue weighted by Gasteiger charge is -2.35. The number of hydrogen-bond donors (Lipinski definition) is 0. The Kier molecular flexibility index (Phi) is 3.72. The molecule has 92 valence electrons. The van der Waals surface area contributed by atoms with Gasteiger partial charge in [-0.3, -0.25) is 4.79 Å². The second-order valence-electron chi connectivity index (χ2n) is 4.35. The number of rotatable bonds is 2. The van der Waals surface area contributed by atoms with Crippen molar-refractivity contribution in [3.05, 3.63) is 22.7 Å². The van der Waals surface area contributed by atoms with Crippen LogP contribution in [0, 0.1) is 0 Å². The second kappa shape index (κ2) is 5.08. The summed E-state index contributed by atoms with van der Waals surface area (Å²) in [4.78, 5) is 13.7. The highest BCUT2D eigenvalue weighted by atomic mass is 79.9. The van der Waals surface area contributed by atoms with E-state index in [1.807, 2.05) is 18.2 Å². The molecule has 1 atom stereocenters. The summed E-state index contributed by atoms with van der Waals surface area (Å²) in [5.74, 6) is 1.19. The molecule has 0 aliphatic carbocycles. The maximum atomic E-state index is 11.4. The molecule has 17 heavy (non-hydrogen) atoms. The molecule has 2 rings (SSSR count). The van der Waals surface area contributed by atoms with Gasteiger partial charge in [-0.25, -0.2) is 0 Å². The first-order valence-corrected chi connectivity index (χ1v) is 6.53. The van der Waals surface area contributed by atoms with E-state index in [0.29, 0.717) is 18.6 Å². The van der Waals surface area contributed by atoms with Gasteiger partial charge in [-0.1, -0.05) is 0 Å². The molecule has 0 N–H and O–H groups in total. The van der Waals surface area contributed by atoms with E-state index >= 15 is 0 Å². The molecule has 1 heterocycles. The summed E-state index contributed by atoms with van der Waals surface area (Å²) in [7, 11) is 1.66. The van der Waals surface area contributed by atoms with Crippen LogP contribution < -0.4 is 9.64 Å². The molecule has 1 saturated heterocycles. The third-order valence-electron chi connectivity index (χ3n) is 3.15. The molecule has 0 bridgehead atoms. The van der Waals surface area contributed by atoms with Gasteiger partial charge in [0.1, 0.15) is 11.5 Å². The van der Waals surface area contributed by atoms with Gasteiger partial charge < -0.3 is 9.64 Å². The van der Waals surface area contributed by atoms with Crippen molar-refractivity contribution >= 4 is 27.4 Å². The number of carbonyl (C=O) groups excluding carboxylic acids is 1. The van der Waals surface area contributed by atoms with Gasteiger partial charge in [0.25, 0.3) is 0 Å². The largest absolute Gasteiger partial charge is 0.497 e. The topological polar surface area (TPSA) is 29.5 Å². The van der Waals surface area contributed by atoms with Crippen LogP contribution in [0.5, 0.6) is 5.75 Å². The Morgan fingerprint density at radius 2 is 2.24 bits per heavy atom. The zero-order valence-corrected chi connectivity index (χ0v) is 11.7. The average Bonchev–Trinajstić information content (AvgIpc) is 2.30. The molecular formula is C13H16BrNO2. The van der Waals surface area contributed by atoms with Crippen LogP contribution in [0.1, 0.15) is 19.8 Å². The van der Waals surface area contributed by atoms with Gasteiger partial charge in [0.2, 0.25) is 0 Å². The Hall–Kier alpha value is -1.03. The average molecular weight is 298 g/mol. The Morgan fingerprint density at radius 3 is 2.88 bits per heavy atom. The minimum absolute atomic E-state index is 0.250. The molecular weight excluding hydrogens is 282 g/mol. The fourth-order valence-corrected chi connectivity index (χ4v) is 2.68. The van der Waals surface area contributed by atoms with E-state index < -0.39 is 0 Å². The molecule has 1 unspecified atom stereocenters. The smallest absolute Gasteiger partial charge is 0.136 e. The first kappa shape index (κ1) is 12.4. The van der Waals surface area contributed by atoms with Crippen molar-refractivity contribution in [2.75, 3.05) is 18.6 Å². The lowest BCUT2D eigenvalue weighted by Crippen LogP contribution is -2.41. The fourth-order valence-electron chi connectivity index (χ4n) is 2.20. The third-order valence-corrected chi connectivity index (χ3v) is 3.82. The highest BCUT2D eigenvalue weighted by Gasteiger charge is 2.25. The summed E-state index contributed by atoms with van der Waals surface area (Å²) < 4.78 is 6.28. The zero-order valence-electron chi connectivity index (χ0n) is 10.1. The Morgan fingerprint density at radius 1 is 1.47 bits per heavy atom. The SMILES string of the molecule is COc1ccc(Br)c(N2CCC(=O)CC2C)c1. The van der Waals surface area contributed by atoms with Crippen LogP contribution >= 0.6 is 15.9 Å². The summed E-state index contributed by atoms with van der Waals surface area (Å²) in [6.45, 7) is 2.87. The molecule has 0 amide bonds. The minimum Gasteiger partial charge on any atom is -0.497 e. The van der Waals surface area contributed by atoms with Crippen LogP contribution in [0.2, 0.25) is 0 Å². The monoisotopic (exact) mass is 297 g/mol. The number of nitrogens with zero attached hydrogens (tertiary/aromatic N) is 1. The molecule has 1 aromatic rings. The summed E-state index contributed by atoms with van der Waals surface area (Å²) in [6, 6.07) is 6.17. The lowest BCUT2D eigenvalue weighted by molar-refractivity contribution is -0.120. The van der Waals surface area contributed by atoms with Crippen LogP contribution in [-0.4, -0.2) is 25.5 Å². The molecule has 0 saturated carbocycles. The molecule has 3 nitrogen and oxygen atoms in total. The summed E-state index contributed by atoms with van der Waals surface area (Å²) in [5, 5.41) is 0. The van der Waals surface area contributed by atoms with Crippen LogP contribution in [-0.2, 0) is 4.79 Å². The maximum absolute atomic E-state index is 11.4. The summed E-state index contributed by atoms with van der Waals surface area (Å²) in [6.07, 6.45) is 1.26. The van der Waals surface area contributed by atoms with E-state index in [-0.39, 0.29) is 6.04 Å².